The highest BCUT2D eigenvalue weighted by atomic mass is 16.3. The van der Waals surface area contributed by atoms with Gasteiger partial charge in [-0.1, -0.05) is 37.3 Å². The molecule has 0 amide bonds. The predicted octanol–water partition coefficient (Wildman–Crippen LogP) is 3.59. The molecule has 1 N–H and O–H groups in total. The van der Waals surface area contributed by atoms with Crippen LogP contribution in [-0.4, -0.2) is 12.2 Å². The second-order valence-corrected chi connectivity index (χ2v) is 4.50. The van der Waals surface area contributed by atoms with Crippen LogP contribution >= 0.6 is 0 Å². The van der Waals surface area contributed by atoms with Gasteiger partial charge in [-0.15, -0.1) is 0 Å². The average Bonchev–Trinajstić information content (AvgIpc) is 2.41. The van der Waals surface area contributed by atoms with Crippen LogP contribution in [0.15, 0.2) is 48.5 Å². The Morgan fingerprint density at radius 2 is 1.67 bits per heavy atom. The molecule has 0 fully saturated rings. The van der Waals surface area contributed by atoms with Crippen LogP contribution in [0.2, 0.25) is 0 Å². The minimum Gasteiger partial charge on any atom is -0.508 e. The number of benzene rings is 2. The van der Waals surface area contributed by atoms with Crippen LogP contribution in [0.4, 0.5) is 5.69 Å². The smallest absolute Gasteiger partial charge is 0.120 e. The predicted molar refractivity (Wildman–Crippen MR) is 76.0 cm³/mol. The summed E-state index contributed by atoms with van der Waals surface area (Å²) in [6.07, 6.45) is 1.06. The molecule has 2 aromatic carbocycles. The Bertz CT molecular complexity index is 505. The fourth-order valence-electron chi connectivity index (χ4n) is 1.98. The molecule has 0 bridgehead atoms. The van der Waals surface area contributed by atoms with Crippen molar-refractivity contribution in [3.05, 3.63) is 59.7 Å². The number of aryl methyl sites for hydroxylation is 1. The second kappa shape index (κ2) is 5.58. The first-order valence-electron chi connectivity index (χ1n) is 6.27. The zero-order valence-corrected chi connectivity index (χ0v) is 10.9. The zero-order valence-electron chi connectivity index (χ0n) is 10.9. The SMILES string of the molecule is CCc1ccc(N(C)Cc2ccccc2O)cc1. The highest BCUT2D eigenvalue weighted by Crippen LogP contribution is 2.21. The number of phenolic OH excluding ortho intramolecular Hbond substituents is 1. The molecule has 0 radical (unpaired) electrons. The summed E-state index contributed by atoms with van der Waals surface area (Å²) in [6, 6.07) is 16.0. The van der Waals surface area contributed by atoms with Crippen molar-refractivity contribution >= 4 is 5.69 Å². The quantitative estimate of drug-likeness (QED) is 0.884. The average molecular weight is 241 g/mol. The Hall–Kier alpha value is -1.96. The van der Waals surface area contributed by atoms with E-state index in [2.05, 4.69) is 36.1 Å². The van der Waals surface area contributed by atoms with Gasteiger partial charge in [-0.05, 0) is 30.2 Å². The van der Waals surface area contributed by atoms with E-state index in [1.165, 1.54) is 5.56 Å². The lowest BCUT2D eigenvalue weighted by Crippen LogP contribution is -2.16. The number of hydrogen-bond acceptors (Lipinski definition) is 2. The van der Waals surface area contributed by atoms with Crippen molar-refractivity contribution in [3.8, 4) is 5.75 Å². The summed E-state index contributed by atoms with van der Waals surface area (Å²) in [5, 5.41) is 9.76. The van der Waals surface area contributed by atoms with Crippen molar-refractivity contribution < 1.29 is 5.11 Å². The maximum atomic E-state index is 9.76. The lowest BCUT2D eigenvalue weighted by atomic mass is 10.1. The van der Waals surface area contributed by atoms with Crippen LogP contribution < -0.4 is 4.90 Å². The summed E-state index contributed by atoms with van der Waals surface area (Å²) in [4.78, 5) is 2.13. The van der Waals surface area contributed by atoms with Gasteiger partial charge in [0, 0.05) is 24.8 Å². The molecular weight excluding hydrogens is 222 g/mol. The van der Waals surface area contributed by atoms with E-state index < -0.39 is 0 Å². The highest BCUT2D eigenvalue weighted by Gasteiger charge is 2.05. The van der Waals surface area contributed by atoms with Crippen LogP contribution in [0, 0.1) is 0 Å². The van der Waals surface area contributed by atoms with E-state index in [-0.39, 0.29) is 0 Å². The molecule has 0 unspecified atom stereocenters. The third-order valence-corrected chi connectivity index (χ3v) is 3.18. The van der Waals surface area contributed by atoms with E-state index in [9.17, 15) is 5.11 Å². The van der Waals surface area contributed by atoms with E-state index in [4.69, 9.17) is 0 Å². The van der Waals surface area contributed by atoms with Gasteiger partial charge in [-0.25, -0.2) is 0 Å². The molecule has 2 heteroatoms. The first-order valence-corrected chi connectivity index (χ1v) is 6.27. The van der Waals surface area contributed by atoms with Crippen LogP contribution in [0.25, 0.3) is 0 Å². The summed E-state index contributed by atoms with van der Waals surface area (Å²) in [5.74, 6) is 0.356. The number of rotatable bonds is 4. The standard InChI is InChI=1S/C16H19NO/c1-3-13-8-10-15(11-9-13)17(2)12-14-6-4-5-7-16(14)18/h4-11,18H,3,12H2,1-2H3. The molecule has 0 aliphatic rings. The van der Waals surface area contributed by atoms with E-state index >= 15 is 0 Å². The first kappa shape index (κ1) is 12.5. The van der Waals surface area contributed by atoms with Gasteiger partial charge >= 0.3 is 0 Å². The number of hydrogen-bond donors (Lipinski definition) is 1. The third-order valence-electron chi connectivity index (χ3n) is 3.18. The molecule has 18 heavy (non-hydrogen) atoms. The number of nitrogens with zero attached hydrogens (tertiary/aromatic N) is 1. The zero-order chi connectivity index (χ0) is 13.0. The molecule has 94 valence electrons. The van der Waals surface area contributed by atoms with Crippen LogP contribution in [-0.2, 0) is 13.0 Å². The summed E-state index contributed by atoms with van der Waals surface area (Å²) >= 11 is 0. The third kappa shape index (κ3) is 2.83. The second-order valence-electron chi connectivity index (χ2n) is 4.50. The van der Waals surface area contributed by atoms with Gasteiger partial charge in [-0.2, -0.15) is 0 Å². The molecule has 0 spiro atoms. The normalized spacial score (nSPS) is 10.3. The number of phenols is 1. The van der Waals surface area contributed by atoms with Gasteiger partial charge in [-0.3, -0.25) is 0 Å². The number of para-hydroxylation sites is 1. The number of anilines is 1. The minimum atomic E-state index is 0.356. The van der Waals surface area contributed by atoms with Crippen LogP contribution in [0.1, 0.15) is 18.1 Å². The topological polar surface area (TPSA) is 23.5 Å². The van der Waals surface area contributed by atoms with E-state index in [1.54, 1.807) is 6.07 Å². The Balaban J connectivity index is 2.11. The molecule has 2 aromatic rings. The summed E-state index contributed by atoms with van der Waals surface area (Å²) in [6.45, 7) is 2.86. The Morgan fingerprint density at radius 1 is 1.00 bits per heavy atom. The van der Waals surface area contributed by atoms with E-state index in [1.807, 2.05) is 25.2 Å². The van der Waals surface area contributed by atoms with Crippen LogP contribution in [0.5, 0.6) is 5.75 Å². The van der Waals surface area contributed by atoms with Gasteiger partial charge in [0.15, 0.2) is 0 Å². The number of aromatic hydroxyl groups is 1. The molecule has 0 saturated carbocycles. The van der Waals surface area contributed by atoms with Gasteiger partial charge < -0.3 is 10.0 Å². The molecule has 2 nitrogen and oxygen atoms in total. The maximum absolute atomic E-state index is 9.76. The molecule has 0 heterocycles. The largest absolute Gasteiger partial charge is 0.508 e. The van der Waals surface area contributed by atoms with Gasteiger partial charge in [0.2, 0.25) is 0 Å². The van der Waals surface area contributed by atoms with Gasteiger partial charge in [0.25, 0.3) is 0 Å². The summed E-state index contributed by atoms with van der Waals surface area (Å²) in [7, 11) is 2.04. The molecule has 2 rings (SSSR count). The van der Waals surface area contributed by atoms with E-state index in [0.29, 0.717) is 12.3 Å². The lowest BCUT2D eigenvalue weighted by Gasteiger charge is -2.20. The monoisotopic (exact) mass is 241 g/mol. The molecule has 0 atom stereocenters. The van der Waals surface area contributed by atoms with Gasteiger partial charge in [0.1, 0.15) is 5.75 Å². The maximum Gasteiger partial charge on any atom is 0.120 e. The molecule has 0 aromatic heterocycles. The van der Waals surface area contributed by atoms with Crippen molar-refractivity contribution in [2.75, 3.05) is 11.9 Å². The minimum absolute atomic E-state index is 0.356. The Morgan fingerprint density at radius 3 is 2.28 bits per heavy atom. The van der Waals surface area contributed by atoms with Crippen molar-refractivity contribution in [3.63, 3.8) is 0 Å². The first-order chi connectivity index (χ1) is 8.70. The van der Waals surface area contributed by atoms with E-state index in [0.717, 1.165) is 17.7 Å². The summed E-state index contributed by atoms with van der Waals surface area (Å²) in [5.41, 5.74) is 3.45. The highest BCUT2D eigenvalue weighted by molar-refractivity contribution is 5.48. The molecule has 0 saturated heterocycles. The van der Waals surface area contributed by atoms with Crippen molar-refractivity contribution in [1.29, 1.82) is 0 Å². The fraction of sp³-hybridized carbons (Fsp3) is 0.250. The fourth-order valence-corrected chi connectivity index (χ4v) is 1.98. The Labute approximate surface area is 109 Å². The van der Waals surface area contributed by atoms with Crippen LogP contribution in [0.3, 0.4) is 0 Å². The van der Waals surface area contributed by atoms with Gasteiger partial charge in [0.05, 0.1) is 0 Å². The lowest BCUT2D eigenvalue weighted by molar-refractivity contribution is 0.468. The Kier molecular flexibility index (Phi) is 3.88. The summed E-state index contributed by atoms with van der Waals surface area (Å²) < 4.78 is 0. The van der Waals surface area contributed by atoms with Crippen molar-refractivity contribution in [2.45, 2.75) is 19.9 Å². The van der Waals surface area contributed by atoms with Crippen molar-refractivity contribution in [2.24, 2.45) is 0 Å². The molecular formula is C16H19NO. The van der Waals surface area contributed by atoms with Crippen molar-refractivity contribution in [1.82, 2.24) is 0 Å². The molecule has 0 aliphatic carbocycles. The molecule has 0 aliphatic heterocycles.